The van der Waals surface area contributed by atoms with Gasteiger partial charge in [0.1, 0.15) is 6.04 Å². The zero-order valence-corrected chi connectivity index (χ0v) is 26.6. The van der Waals surface area contributed by atoms with Crippen molar-refractivity contribution in [2.45, 2.75) is 78.9 Å². The van der Waals surface area contributed by atoms with E-state index in [0.29, 0.717) is 11.1 Å². The Labute approximate surface area is 250 Å². The van der Waals surface area contributed by atoms with Gasteiger partial charge in [0.05, 0.1) is 12.1 Å². The number of carboxylic acids is 1. The van der Waals surface area contributed by atoms with Gasteiger partial charge in [0.2, 0.25) is 11.8 Å². The van der Waals surface area contributed by atoms with Gasteiger partial charge in [0, 0.05) is 29.2 Å². The van der Waals surface area contributed by atoms with Crippen LogP contribution >= 0.6 is 0 Å². The Morgan fingerprint density at radius 2 is 1.38 bits per heavy atom. The highest BCUT2D eigenvalue weighted by Gasteiger charge is 2.41. The zero-order valence-electron chi connectivity index (χ0n) is 26.6. The predicted octanol–water partition coefficient (Wildman–Crippen LogP) is 4.83. The fraction of sp³-hybridized carbons (Fsp3) is 0.471. The summed E-state index contributed by atoms with van der Waals surface area (Å²) < 4.78 is 0. The van der Waals surface area contributed by atoms with Crippen molar-refractivity contribution in [3.05, 3.63) is 82.9 Å². The van der Waals surface area contributed by atoms with E-state index in [1.807, 2.05) is 78.8 Å². The van der Waals surface area contributed by atoms with Crippen LogP contribution in [0.4, 0.5) is 0 Å². The van der Waals surface area contributed by atoms with Crippen LogP contribution in [0.3, 0.4) is 0 Å². The van der Waals surface area contributed by atoms with Crippen molar-refractivity contribution in [3.8, 4) is 0 Å². The topological polar surface area (TPSA) is 116 Å². The molecule has 228 valence electrons. The molecule has 0 heterocycles. The molecule has 0 spiro atoms. The first-order valence-electron chi connectivity index (χ1n) is 14.3. The monoisotopic (exact) mass is 577 g/mol. The lowest BCUT2D eigenvalue weighted by Crippen LogP contribution is -2.61. The number of rotatable bonds is 12. The van der Waals surface area contributed by atoms with E-state index in [2.05, 4.69) is 10.6 Å². The van der Waals surface area contributed by atoms with Crippen LogP contribution in [0.1, 0.15) is 76.9 Å². The highest BCUT2D eigenvalue weighted by Crippen LogP contribution is 2.30. The Bertz CT molecular complexity index is 1290. The van der Waals surface area contributed by atoms with E-state index in [4.69, 9.17) is 0 Å². The maximum Gasteiger partial charge on any atom is 0.331 e. The smallest absolute Gasteiger partial charge is 0.331 e. The number of nitrogens with one attached hydrogen (secondary N) is 2. The van der Waals surface area contributed by atoms with Gasteiger partial charge in [0.15, 0.2) is 5.78 Å². The zero-order chi connectivity index (χ0) is 32.0. The molecule has 2 rings (SSSR count). The second kappa shape index (κ2) is 13.9. The molecular formula is C34H47N3O5. The van der Waals surface area contributed by atoms with E-state index in [9.17, 15) is 24.3 Å². The first-order chi connectivity index (χ1) is 19.4. The summed E-state index contributed by atoms with van der Waals surface area (Å²) in [7, 11) is 3.34. The molecule has 0 saturated heterocycles. The normalized spacial score (nSPS) is 14.6. The van der Waals surface area contributed by atoms with Gasteiger partial charge >= 0.3 is 5.97 Å². The Morgan fingerprint density at radius 3 is 1.83 bits per heavy atom. The number of ketones is 1. The lowest BCUT2D eigenvalue weighted by atomic mass is 9.76. The second-order valence-electron chi connectivity index (χ2n) is 12.9. The highest BCUT2D eigenvalue weighted by molar-refractivity contribution is 6.09. The maximum atomic E-state index is 13.9. The molecule has 0 fully saturated rings. The molecule has 42 heavy (non-hydrogen) atoms. The minimum atomic E-state index is -1.04. The Hall–Kier alpha value is -3.78. The molecule has 0 unspecified atom stereocenters. The van der Waals surface area contributed by atoms with Crippen LogP contribution in [0.2, 0.25) is 0 Å². The first-order valence-corrected chi connectivity index (χ1v) is 14.3. The summed E-state index contributed by atoms with van der Waals surface area (Å²) in [6.07, 6.45) is 1.58. The summed E-state index contributed by atoms with van der Waals surface area (Å²) in [4.78, 5) is 53.5. The fourth-order valence-corrected chi connectivity index (χ4v) is 5.10. The number of hydrogen-bond donors (Lipinski definition) is 3. The summed E-state index contributed by atoms with van der Waals surface area (Å²) >= 11 is 0. The molecule has 8 nitrogen and oxygen atoms in total. The third-order valence-corrected chi connectivity index (χ3v) is 7.84. The van der Waals surface area contributed by atoms with Crippen molar-refractivity contribution >= 4 is 23.6 Å². The number of aliphatic carboxylic acids is 1. The number of benzene rings is 2. The number of nitrogens with zero attached hydrogens (tertiary/aromatic N) is 1. The first kappa shape index (κ1) is 34.4. The van der Waals surface area contributed by atoms with Crippen LogP contribution < -0.4 is 10.6 Å². The van der Waals surface area contributed by atoms with Gasteiger partial charge in [-0.05, 0) is 30.9 Å². The van der Waals surface area contributed by atoms with Crippen molar-refractivity contribution in [3.63, 3.8) is 0 Å². The van der Waals surface area contributed by atoms with E-state index in [-0.39, 0.29) is 29.1 Å². The summed E-state index contributed by atoms with van der Waals surface area (Å²) in [6.45, 7) is 14.9. The fourth-order valence-electron chi connectivity index (χ4n) is 5.10. The SMILES string of the molecule is CN[C@H](C(=O)N[C@H](C(=O)N(C)[C@H](C=C(C)C(=O)O)C(C)C)C(C)(C)C)C(C)(C)c1ccc(C(=O)c2ccccc2)cc1. The minimum Gasteiger partial charge on any atom is -0.478 e. The standard InChI is InChI=1S/C34H47N3O5/c1-21(2)26(20-22(3)32(41)42)37(10)31(40)29(33(4,5)6)36-30(39)28(35-9)34(7,8)25-18-16-24(17-19-25)27(38)23-14-12-11-13-15-23/h11-21,26,28-29,35H,1-10H3,(H,36,39)(H,41,42)/t26-,28-,29-/m1/s1. The Morgan fingerprint density at radius 1 is 0.857 bits per heavy atom. The molecule has 2 amide bonds. The van der Waals surface area contributed by atoms with Gasteiger partial charge < -0.3 is 20.6 Å². The highest BCUT2D eigenvalue weighted by atomic mass is 16.4. The molecule has 0 radical (unpaired) electrons. The largest absolute Gasteiger partial charge is 0.478 e. The van der Waals surface area contributed by atoms with Crippen molar-refractivity contribution < 1.29 is 24.3 Å². The van der Waals surface area contributed by atoms with E-state index in [0.717, 1.165) is 5.56 Å². The van der Waals surface area contributed by atoms with Gasteiger partial charge in [-0.15, -0.1) is 0 Å². The van der Waals surface area contributed by atoms with Crippen LogP contribution in [-0.2, 0) is 19.8 Å². The number of hydrogen-bond acceptors (Lipinski definition) is 5. The van der Waals surface area contributed by atoms with Gasteiger partial charge in [-0.2, -0.15) is 0 Å². The van der Waals surface area contributed by atoms with Crippen LogP contribution in [0, 0.1) is 11.3 Å². The molecule has 0 aliphatic heterocycles. The molecule has 8 heteroatoms. The Balaban J connectivity index is 2.34. The summed E-state index contributed by atoms with van der Waals surface area (Å²) in [5, 5.41) is 15.5. The van der Waals surface area contributed by atoms with E-state index in [1.54, 1.807) is 44.4 Å². The lowest BCUT2D eigenvalue weighted by molar-refractivity contribution is -0.141. The van der Waals surface area contributed by atoms with Crippen molar-refractivity contribution in [1.82, 2.24) is 15.5 Å². The van der Waals surface area contributed by atoms with Gasteiger partial charge in [-0.1, -0.05) is 109 Å². The van der Waals surface area contributed by atoms with Gasteiger partial charge in [-0.3, -0.25) is 14.4 Å². The second-order valence-corrected chi connectivity index (χ2v) is 12.9. The lowest BCUT2D eigenvalue weighted by Gasteiger charge is -2.40. The van der Waals surface area contributed by atoms with Gasteiger partial charge in [-0.25, -0.2) is 4.79 Å². The van der Waals surface area contributed by atoms with Crippen molar-refractivity contribution in [2.75, 3.05) is 14.1 Å². The van der Waals surface area contributed by atoms with Gasteiger partial charge in [0.25, 0.3) is 0 Å². The van der Waals surface area contributed by atoms with E-state index >= 15 is 0 Å². The molecule has 0 bridgehead atoms. The molecule has 0 aliphatic carbocycles. The third kappa shape index (κ3) is 8.16. The molecule has 0 saturated carbocycles. The van der Waals surface area contributed by atoms with Crippen LogP contribution in [0.25, 0.3) is 0 Å². The van der Waals surface area contributed by atoms with Crippen molar-refractivity contribution in [1.29, 1.82) is 0 Å². The number of carbonyl (C=O) groups is 4. The molecule has 0 aliphatic rings. The third-order valence-electron chi connectivity index (χ3n) is 7.84. The van der Waals surface area contributed by atoms with Crippen molar-refractivity contribution in [2.24, 2.45) is 11.3 Å². The summed E-state index contributed by atoms with van der Waals surface area (Å²) in [5.74, 6) is -1.82. The van der Waals surface area contributed by atoms with E-state index in [1.165, 1.54) is 11.8 Å². The quantitative estimate of drug-likeness (QED) is 0.246. The number of likely N-dealkylation sites (N-methyl/N-ethyl adjacent to an activating group) is 2. The molecule has 3 atom stereocenters. The molecule has 3 N–H and O–H groups in total. The molecule has 2 aromatic rings. The number of carboxylic acid groups (broad SMARTS) is 1. The predicted molar refractivity (Wildman–Crippen MR) is 166 cm³/mol. The minimum absolute atomic E-state index is 0.0506. The maximum absolute atomic E-state index is 13.9. The van der Waals surface area contributed by atoms with E-state index < -0.39 is 34.9 Å². The molecule has 0 aromatic heterocycles. The van der Waals surface area contributed by atoms with Crippen LogP contribution in [0.15, 0.2) is 66.2 Å². The molecular weight excluding hydrogens is 530 g/mol. The number of carbonyl (C=O) groups excluding carboxylic acids is 3. The number of amides is 2. The summed E-state index contributed by atoms with van der Waals surface area (Å²) in [6, 6.07) is 14.3. The summed E-state index contributed by atoms with van der Waals surface area (Å²) in [5.41, 5.74) is 0.833. The average molecular weight is 578 g/mol. The average Bonchev–Trinajstić information content (AvgIpc) is 2.93. The van der Waals surface area contributed by atoms with Crippen LogP contribution in [0.5, 0.6) is 0 Å². The molecule has 2 aromatic carbocycles. The Kier molecular flexibility index (Phi) is 11.4. The van der Waals surface area contributed by atoms with Crippen LogP contribution in [-0.4, -0.2) is 65.8 Å².